The normalized spacial score (nSPS) is 17.0. The predicted octanol–water partition coefficient (Wildman–Crippen LogP) is 3.19. The number of amides is 1. The zero-order chi connectivity index (χ0) is 38.6. The first-order valence-electron chi connectivity index (χ1n) is 16.5. The Morgan fingerprint density at radius 3 is 2.61 bits per heavy atom. The van der Waals surface area contributed by atoms with Crippen LogP contribution >= 0.6 is 0 Å². The van der Waals surface area contributed by atoms with Crippen LogP contribution in [0.2, 0.25) is 0 Å². The van der Waals surface area contributed by atoms with Crippen LogP contribution < -0.4 is 15.2 Å². The van der Waals surface area contributed by atoms with Gasteiger partial charge in [-0.15, -0.1) is 0 Å². The third-order valence-electron chi connectivity index (χ3n) is 9.87. The first-order chi connectivity index (χ1) is 25.8. The number of aromatic nitrogens is 4. The number of ether oxygens (including phenoxy) is 2. The van der Waals surface area contributed by atoms with Crippen LogP contribution in [0.1, 0.15) is 22.3 Å². The van der Waals surface area contributed by atoms with Gasteiger partial charge in [0.25, 0.3) is 0 Å². The lowest BCUT2D eigenvalue weighted by molar-refractivity contribution is -0.146. The number of carbonyl (C=O) groups excluding carboxylic acids is 2. The molecule has 0 radical (unpaired) electrons. The lowest BCUT2D eigenvalue weighted by Crippen LogP contribution is -2.35. The van der Waals surface area contributed by atoms with Gasteiger partial charge < -0.3 is 39.0 Å². The van der Waals surface area contributed by atoms with Crippen molar-refractivity contribution in [2.75, 3.05) is 50.3 Å². The summed E-state index contributed by atoms with van der Waals surface area (Å²) in [6.07, 6.45) is 5.29. The van der Waals surface area contributed by atoms with Crippen molar-refractivity contribution in [3.63, 3.8) is 0 Å². The molecule has 1 amide bonds. The molecule has 0 unspecified atom stereocenters. The van der Waals surface area contributed by atoms with Crippen molar-refractivity contribution in [3.05, 3.63) is 70.0 Å². The molecule has 2 aliphatic heterocycles. The summed E-state index contributed by atoms with van der Waals surface area (Å²) in [6.45, 7) is 1.29. The maximum Gasteiger partial charge on any atom is 0.416 e. The van der Waals surface area contributed by atoms with Crippen molar-refractivity contribution in [3.8, 4) is 17.2 Å². The number of carbonyl (C=O) groups is 4. The molecule has 0 spiro atoms. The fourth-order valence-electron chi connectivity index (χ4n) is 7.48. The third kappa shape index (κ3) is 5.99. The average molecular weight is 739 g/mol. The molecule has 7 rings (SSSR count). The summed E-state index contributed by atoms with van der Waals surface area (Å²) < 4.78 is 27.2. The second-order valence-corrected chi connectivity index (χ2v) is 13.1. The highest BCUT2D eigenvalue weighted by Crippen LogP contribution is 2.47. The number of aromatic amines is 1. The number of hydrogen-bond donors (Lipinski definition) is 3. The number of halogens is 1. The highest BCUT2D eigenvalue weighted by molar-refractivity contribution is 6.21. The molecule has 2 aliphatic rings. The molecule has 1 aromatic carbocycles. The quantitative estimate of drug-likeness (QED) is 0.118. The van der Waals surface area contributed by atoms with Crippen LogP contribution in [0.4, 0.5) is 20.6 Å². The average Bonchev–Trinajstić information content (AvgIpc) is 3.83. The van der Waals surface area contributed by atoms with Crippen molar-refractivity contribution in [2.45, 2.75) is 12.5 Å². The number of nitriles is 1. The number of pyridine rings is 3. The number of aromatic carboxylic acids is 1. The summed E-state index contributed by atoms with van der Waals surface area (Å²) in [5.41, 5.74) is 0.705. The van der Waals surface area contributed by atoms with E-state index in [9.17, 15) is 34.3 Å². The fraction of sp³-hybridized carbons (Fsp3) is 0.278. The van der Waals surface area contributed by atoms with Crippen LogP contribution in [0.3, 0.4) is 0 Å². The predicted molar refractivity (Wildman–Crippen MR) is 191 cm³/mol. The molecule has 276 valence electrons. The lowest BCUT2D eigenvalue weighted by atomic mass is 9.98. The Balaban J connectivity index is 1.42. The molecule has 0 aliphatic carbocycles. The van der Waals surface area contributed by atoms with E-state index in [1.807, 2.05) is 13.1 Å². The number of nitrogens with zero attached hydrogens (tertiary/aromatic N) is 7. The van der Waals surface area contributed by atoms with E-state index in [0.717, 1.165) is 23.9 Å². The molecule has 2 fully saturated rings. The molecule has 2 saturated heterocycles. The lowest BCUT2D eigenvalue weighted by Gasteiger charge is -2.29. The minimum Gasteiger partial charge on any atom is -0.478 e. The van der Waals surface area contributed by atoms with E-state index >= 15 is 4.39 Å². The van der Waals surface area contributed by atoms with Gasteiger partial charge >= 0.3 is 24.0 Å². The second-order valence-electron chi connectivity index (χ2n) is 13.1. The van der Waals surface area contributed by atoms with Crippen molar-refractivity contribution < 1.29 is 43.3 Å². The monoisotopic (exact) mass is 738 g/mol. The number of benzene rings is 1. The molecule has 0 bridgehead atoms. The van der Waals surface area contributed by atoms with Gasteiger partial charge in [0.05, 0.1) is 33.2 Å². The summed E-state index contributed by atoms with van der Waals surface area (Å²) in [6, 6.07) is 4.52. The zero-order valence-corrected chi connectivity index (χ0v) is 29.0. The largest absolute Gasteiger partial charge is 0.478 e. The van der Waals surface area contributed by atoms with E-state index in [1.54, 1.807) is 25.5 Å². The highest BCUT2D eigenvalue weighted by Gasteiger charge is 2.42. The molecule has 18 heteroatoms. The first kappa shape index (κ1) is 35.5. The number of likely N-dealkylation sites (N-methyl/N-ethyl adjacent to an activating group) is 1. The standard InChI is InChI=1S/C36H31FN8O9/c1-42-13-17-6-7-45(25(17)15-42)31-21(18-8-19-32(49)22(35(50)51)14-43(2)34(19)40-11-18)12-39-33-29(31)28-20(10-38)23(37)9-24(30(28)41-33)44(3)36(52)54-16-53-27(48)5-4-26(46)47/h4-5,8-9,11-12,14,17,25H,6-7,13,15-16H2,1-3H3,(H,39,41)(H,46,47)(H,50,51)/b5-4+/t17-,25+/m0/s1. The number of H-pyrrole nitrogens is 1. The van der Waals surface area contributed by atoms with Crippen LogP contribution in [0, 0.1) is 23.1 Å². The van der Waals surface area contributed by atoms with Crippen molar-refractivity contribution >= 4 is 68.3 Å². The van der Waals surface area contributed by atoms with Crippen LogP contribution in [0.5, 0.6) is 0 Å². The number of aryl methyl sites for hydroxylation is 1. The molecule has 54 heavy (non-hydrogen) atoms. The summed E-state index contributed by atoms with van der Waals surface area (Å²) in [5.74, 6) is -4.49. The van der Waals surface area contributed by atoms with E-state index in [1.165, 1.54) is 17.8 Å². The second kappa shape index (κ2) is 13.6. The number of aliphatic carboxylic acids is 1. The Morgan fingerprint density at radius 1 is 1.11 bits per heavy atom. The minimum atomic E-state index is -1.39. The van der Waals surface area contributed by atoms with Crippen LogP contribution in [-0.2, 0) is 26.1 Å². The van der Waals surface area contributed by atoms with Crippen LogP contribution in [-0.4, -0.2) is 105 Å². The van der Waals surface area contributed by atoms with Gasteiger partial charge in [-0.05, 0) is 25.5 Å². The van der Waals surface area contributed by atoms with E-state index in [-0.39, 0.29) is 44.9 Å². The molecular weight excluding hydrogens is 707 g/mol. The van der Waals surface area contributed by atoms with Crippen molar-refractivity contribution in [2.24, 2.45) is 13.0 Å². The minimum absolute atomic E-state index is 0.0217. The van der Waals surface area contributed by atoms with E-state index < -0.39 is 47.6 Å². The molecular formula is C36H31FN8O9. The third-order valence-corrected chi connectivity index (χ3v) is 9.87. The van der Waals surface area contributed by atoms with E-state index in [4.69, 9.17) is 14.6 Å². The number of carboxylic acid groups (broad SMARTS) is 2. The number of likely N-dealkylation sites (tertiary alicyclic amines) is 1. The number of esters is 1. The Morgan fingerprint density at radius 2 is 1.89 bits per heavy atom. The van der Waals surface area contributed by atoms with Gasteiger partial charge in [0, 0.05) is 93.1 Å². The fourth-order valence-corrected chi connectivity index (χ4v) is 7.48. The van der Waals surface area contributed by atoms with Gasteiger partial charge in [0.1, 0.15) is 28.7 Å². The number of carboxylic acids is 2. The Hall–Kier alpha value is -6.87. The summed E-state index contributed by atoms with van der Waals surface area (Å²) in [7, 11) is 4.89. The van der Waals surface area contributed by atoms with Crippen molar-refractivity contribution in [1.82, 2.24) is 24.4 Å². The van der Waals surface area contributed by atoms with Crippen LogP contribution in [0.15, 0.2) is 47.7 Å². The Bertz CT molecular complexity index is 2580. The number of fused-ring (bicyclic) bond motifs is 5. The van der Waals surface area contributed by atoms with Gasteiger partial charge in [0.2, 0.25) is 12.2 Å². The molecule has 4 aromatic heterocycles. The van der Waals surface area contributed by atoms with Gasteiger partial charge in [-0.25, -0.2) is 33.5 Å². The maximum absolute atomic E-state index is 16.0. The smallest absolute Gasteiger partial charge is 0.416 e. The van der Waals surface area contributed by atoms with E-state index in [2.05, 4.69) is 24.8 Å². The van der Waals surface area contributed by atoms with Crippen molar-refractivity contribution in [1.29, 1.82) is 5.26 Å². The number of rotatable bonds is 8. The number of hydrogen-bond acceptors (Lipinski definition) is 12. The molecule has 6 heterocycles. The Labute approximate surface area is 304 Å². The molecule has 5 aromatic rings. The van der Waals surface area contributed by atoms with E-state index in [0.29, 0.717) is 53.4 Å². The maximum atomic E-state index is 16.0. The van der Waals surface area contributed by atoms with Gasteiger partial charge in [-0.3, -0.25) is 9.69 Å². The summed E-state index contributed by atoms with van der Waals surface area (Å²) in [5, 5.41) is 29.3. The Kier molecular flexibility index (Phi) is 8.95. The molecule has 3 N–H and O–H groups in total. The summed E-state index contributed by atoms with van der Waals surface area (Å²) >= 11 is 0. The molecule has 17 nitrogen and oxygen atoms in total. The number of anilines is 2. The number of nitrogens with one attached hydrogen (secondary N) is 1. The van der Waals surface area contributed by atoms with Gasteiger partial charge in [0.15, 0.2) is 0 Å². The van der Waals surface area contributed by atoms with Gasteiger partial charge in [-0.2, -0.15) is 5.26 Å². The highest BCUT2D eigenvalue weighted by atomic mass is 19.1. The summed E-state index contributed by atoms with van der Waals surface area (Å²) in [4.78, 5) is 78.5. The molecule has 0 saturated carbocycles. The van der Waals surface area contributed by atoms with Crippen LogP contribution in [0.25, 0.3) is 44.1 Å². The SMILES string of the molecule is CN1C[C@@H]2CCN(c3c(-c4cnc5c(c4)c(=O)c(C(=O)O)cn5C)cnc4[nH]c5c(N(C)C(=O)OCOC(=O)/C=C/C(=O)O)cc(F)c(C#N)c5c34)[C@@H]2C1. The topological polar surface area (TPSA) is 224 Å². The molecule has 2 atom stereocenters. The first-order valence-corrected chi connectivity index (χ1v) is 16.5. The van der Waals surface area contributed by atoms with Gasteiger partial charge in [-0.1, -0.05) is 0 Å². The zero-order valence-electron chi connectivity index (χ0n) is 29.0.